The highest BCUT2D eigenvalue weighted by atomic mass is 32.1. The van der Waals surface area contributed by atoms with Crippen molar-refractivity contribution in [2.45, 2.75) is 25.3 Å². The van der Waals surface area contributed by atoms with Crippen molar-refractivity contribution in [1.82, 2.24) is 15.2 Å². The third-order valence-electron chi connectivity index (χ3n) is 6.35. The number of amides is 4. The van der Waals surface area contributed by atoms with Crippen LogP contribution in [0.2, 0.25) is 0 Å². The molecule has 2 aliphatic heterocycles. The molecule has 1 aromatic heterocycles. The second-order valence-electron chi connectivity index (χ2n) is 8.97. The maximum absolute atomic E-state index is 13.0. The number of aryl methyl sites for hydroxylation is 1. The normalized spacial score (nSPS) is 20.4. The third-order valence-corrected chi connectivity index (χ3v) is 7.42. The van der Waals surface area contributed by atoms with Gasteiger partial charge in [0.05, 0.1) is 23.4 Å². The number of aromatic nitrogens is 1. The van der Waals surface area contributed by atoms with Gasteiger partial charge in [0, 0.05) is 18.8 Å². The summed E-state index contributed by atoms with van der Waals surface area (Å²) in [6.07, 6.45) is 1.10. The minimum atomic E-state index is -1.04. The Morgan fingerprint density at radius 1 is 1.17 bits per heavy atom. The number of ether oxygens (including phenoxy) is 1. The van der Waals surface area contributed by atoms with Crippen molar-refractivity contribution in [2.24, 2.45) is 0 Å². The number of fused-ring (bicyclic) bond motifs is 1. The van der Waals surface area contributed by atoms with E-state index in [-0.39, 0.29) is 12.5 Å². The van der Waals surface area contributed by atoms with Crippen LogP contribution in [0.5, 0.6) is 0 Å². The molecule has 3 aromatic rings. The Hall–Kier alpha value is -3.50. The number of imide groups is 1. The molecular formula is C25H27N5O4S. The van der Waals surface area contributed by atoms with E-state index in [1.165, 1.54) is 0 Å². The molecule has 2 fully saturated rings. The monoisotopic (exact) mass is 493 g/mol. The topological polar surface area (TPSA) is 104 Å². The molecule has 9 nitrogen and oxygen atoms in total. The molecule has 0 bridgehead atoms. The van der Waals surface area contributed by atoms with Gasteiger partial charge in [0.2, 0.25) is 5.91 Å². The fourth-order valence-electron chi connectivity index (χ4n) is 4.32. The van der Waals surface area contributed by atoms with Gasteiger partial charge in [-0.15, -0.1) is 0 Å². The molecule has 0 aliphatic carbocycles. The number of nitrogens with zero attached hydrogens (tertiary/aromatic N) is 3. The molecule has 2 saturated heterocycles. The number of hydrogen-bond donors (Lipinski definition) is 2. The quantitative estimate of drug-likeness (QED) is 0.491. The second-order valence-corrected chi connectivity index (χ2v) is 9.97. The Balaban J connectivity index is 1.21. The van der Waals surface area contributed by atoms with E-state index in [2.05, 4.69) is 20.5 Å². The highest BCUT2D eigenvalue weighted by Crippen LogP contribution is 2.31. The van der Waals surface area contributed by atoms with Crippen LogP contribution < -0.4 is 15.5 Å². The zero-order valence-electron chi connectivity index (χ0n) is 19.5. The molecule has 1 unspecified atom stereocenters. The summed E-state index contributed by atoms with van der Waals surface area (Å²) in [7, 11) is 0. The SMILES string of the molecule is CC1(CCc2ccccc2)NC(=O)N(CC(=O)Nc2ccc3nc(N4CCOCC4)sc3c2)C1=O. The van der Waals surface area contributed by atoms with E-state index in [0.29, 0.717) is 31.7 Å². The number of morpholine rings is 1. The van der Waals surface area contributed by atoms with Gasteiger partial charge in [0.15, 0.2) is 5.13 Å². The number of hydrogen-bond acceptors (Lipinski definition) is 7. The molecule has 0 spiro atoms. The molecule has 0 radical (unpaired) electrons. The Labute approximate surface area is 207 Å². The molecular weight excluding hydrogens is 466 g/mol. The molecule has 35 heavy (non-hydrogen) atoms. The first kappa shape index (κ1) is 23.3. The Morgan fingerprint density at radius 2 is 1.94 bits per heavy atom. The predicted molar refractivity (Wildman–Crippen MR) is 135 cm³/mol. The Morgan fingerprint density at radius 3 is 2.71 bits per heavy atom. The summed E-state index contributed by atoms with van der Waals surface area (Å²) in [6.45, 7) is 4.35. The molecule has 4 amide bonds. The highest BCUT2D eigenvalue weighted by molar-refractivity contribution is 7.22. The minimum absolute atomic E-state index is 0.342. The summed E-state index contributed by atoms with van der Waals surface area (Å²) in [5, 5.41) is 6.50. The lowest BCUT2D eigenvalue weighted by atomic mass is 9.93. The largest absolute Gasteiger partial charge is 0.378 e. The zero-order valence-corrected chi connectivity index (χ0v) is 20.3. The molecule has 3 heterocycles. The van der Waals surface area contributed by atoms with Crippen molar-refractivity contribution >= 4 is 50.2 Å². The molecule has 5 rings (SSSR count). The van der Waals surface area contributed by atoms with E-state index in [4.69, 9.17) is 4.74 Å². The molecule has 1 atom stereocenters. The van der Waals surface area contributed by atoms with Crippen LogP contribution in [0.4, 0.5) is 15.6 Å². The van der Waals surface area contributed by atoms with Gasteiger partial charge < -0.3 is 20.3 Å². The van der Waals surface area contributed by atoms with Crippen LogP contribution in [0.1, 0.15) is 18.9 Å². The van der Waals surface area contributed by atoms with Crippen LogP contribution in [-0.2, 0) is 20.7 Å². The van der Waals surface area contributed by atoms with Crippen LogP contribution in [0, 0.1) is 0 Å². The van der Waals surface area contributed by atoms with Crippen molar-refractivity contribution in [3.05, 3.63) is 54.1 Å². The lowest BCUT2D eigenvalue weighted by Crippen LogP contribution is -2.45. The van der Waals surface area contributed by atoms with Crippen molar-refractivity contribution in [3.63, 3.8) is 0 Å². The van der Waals surface area contributed by atoms with Gasteiger partial charge in [-0.25, -0.2) is 9.78 Å². The van der Waals surface area contributed by atoms with Crippen LogP contribution >= 0.6 is 11.3 Å². The molecule has 2 aliphatic rings. The first-order valence-corrected chi connectivity index (χ1v) is 12.4. The van der Waals surface area contributed by atoms with Gasteiger partial charge in [-0.1, -0.05) is 41.7 Å². The summed E-state index contributed by atoms with van der Waals surface area (Å²) in [5.41, 5.74) is 1.50. The fourth-order valence-corrected chi connectivity index (χ4v) is 5.38. The smallest absolute Gasteiger partial charge is 0.325 e. The number of thiazole rings is 1. The zero-order chi connectivity index (χ0) is 24.4. The number of nitrogens with one attached hydrogen (secondary N) is 2. The number of carbonyl (C=O) groups excluding carboxylic acids is 3. The predicted octanol–water partition coefficient (Wildman–Crippen LogP) is 3.01. The van der Waals surface area contributed by atoms with Gasteiger partial charge >= 0.3 is 6.03 Å². The van der Waals surface area contributed by atoms with Crippen molar-refractivity contribution < 1.29 is 19.1 Å². The fraction of sp³-hybridized carbons (Fsp3) is 0.360. The average Bonchev–Trinajstić information content (AvgIpc) is 3.38. The summed E-state index contributed by atoms with van der Waals surface area (Å²) < 4.78 is 6.36. The Kier molecular flexibility index (Phi) is 6.40. The number of urea groups is 1. The second kappa shape index (κ2) is 9.63. The van der Waals surface area contributed by atoms with Gasteiger partial charge in [0.25, 0.3) is 5.91 Å². The van der Waals surface area contributed by atoms with E-state index in [1.54, 1.807) is 24.3 Å². The van der Waals surface area contributed by atoms with Gasteiger partial charge in [-0.2, -0.15) is 0 Å². The maximum Gasteiger partial charge on any atom is 0.325 e. The van der Waals surface area contributed by atoms with Crippen molar-refractivity contribution in [2.75, 3.05) is 43.1 Å². The van der Waals surface area contributed by atoms with Crippen LogP contribution in [0.3, 0.4) is 0 Å². The number of carbonyl (C=O) groups is 3. The minimum Gasteiger partial charge on any atom is -0.378 e. The molecule has 10 heteroatoms. The third kappa shape index (κ3) is 4.98. The maximum atomic E-state index is 13.0. The van der Waals surface area contributed by atoms with Gasteiger partial charge in [-0.05, 0) is 43.5 Å². The van der Waals surface area contributed by atoms with Crippen molar-refractivity contribution in [1.29, 1.82) is 0 Å². The van der Waals surface area contributed by atoms with E-state index in [1.807, 2.05) is 42.5 Å². The van der Waals surface area contributed by atoms with Gasteiger partial charge in [0.1, 0.15) is 12.1 Å². The first-order valence-electron chi connectivity index (χ1n) is 11.6. The summed E-state index contributed by atoms with van der Waals surface area (Å²) in [5.74, 6) is -0.820. The van der Waals surface area contributed by atoms with E-state index in [9.17, 15) is 14.4 Å². The van der Waals surface area contributed by atoms with Crippen molar-refractivity contribution in [3.8, 4) is 0 Å². The summed E-state index contributed by atoms with van der Waals surface area (Å²) >= 11 is 1.56. The number of rotatable bonds is 7. The molecule has 0 saturated carbocycles. The number of anilines is 2. The van der Waals surface area contributed by atoms with Gasteiger partial charge in [-0.3, -0.25) is 14.5 Å². The standard InChI is InChI=1S/C25H27N5O4S/c1-25(10-9-17-5-3-2-4-6-17)22(32)30(23(33)28-25)16-21(31)26-18-7-8-19-20(15-18)35-24(27-19)29-11-13-34-14-12-29/h2-8,15H,9-14,16H2,1H3,(H,26,31)(H,28,33). The van der Waals surface area contributed by atoms with E-state index < -0.39 is 17.5 Å². The van der Waals surface area contributed by atoms with Crippen LogP contribution in [-0.4, -0.2) is 66.1 Å². The lowest BCUT2D eigenvalue weighted by Gasteiger charge is -2.25. The summed E-state index contributed by atoms with van der Waals surface area (Å²) in [4.78, 5) is 46.1. The average molecular weight is 494 g/mol. The molecule has 2 aromatic carbocycles. The van der Waals surface area contributed by atoms with Crippen LogP contribution in [0.15, 0.2) is 48.5 Å². The highest BCUT2D eigenvalue weighted by Gasteiger charge is 2.47. The molecule has 2 N–H and O–H groups in total. The first-order chi connectivity index (χ1) is 16.9. The summed E-state index contributed by atoms with van der Waals surface area (Å²) in [6, 6.07) is 14.7. The van der Waals surface area contributed by atoms with Crippen LogP contribution in [0.25, 0.3) is 10.2 Å². The Bertz CT molecular complexity index is 1260. The van der Waals surface area contributed by atoms with E-state index in [0.717, 1.165) is 38.9 Å². The number of benzene rings is 2. The molecule has 182 valence electrons. The van der Waals surface area contributed by atoms with E-state index >= 15 is 0 Å². The lowest BCUT2D eigenvalue weighted by molar-refractivity contribution is -0.133.